The number of fused-ring (bicyclic) bond motifs is 1. The topological polar surface area (TPSA) is 74.0 Å². The summed E-state index contributed by atoms with van der Waals surface area (Å²) in [6.07, 6.45) is 8.02. The molecule has 1 aliphatic carbocycles. The molecule has 30 heavy (non-hydrogen) atoms. The van der Waals surface area contributed by atoms with Crippen LogP contribution in [0.5, 0.6) is 0 Å². The Hall–Kier alpha value is -3.34. The molecule has 0 unspecified atom stereocenters. The molecule has 0 bridgehead atoms. The summed E-state index contributed by atoms with van der Waals surface area (Å²) in [4.78, 5) is 29.2. The molecule has 4 rings (SSSR count). The summed E-state index contributed by atoms with van der Waals surface area (Å²) in [7, 11) is 0. The second-order valence-corrected chi connectivity index (χ2v) is 8.01. The normalized spacial score (nSPS) is 19.4. The Balaban J connectivity index is 1.63. The molecule has 0 spiro atoms. The van der Waals surface area contributed by atoms with Gasteiger partial charge in [0.25, 0.3) is 11.8 Å². The molecule has 1 saturated carbocycles. The zero-order valence-corrected chi connectivity index (χ0v) is 17.2. The molecule has 2 atom stereocenters. The number of benzene rings is 2. The number of carbonyl (C=O) groups excluding carboxylic acids is 2. The van der Waals surface area contributed by atoms with Gasteiger partial charge in [0.1, 0.15) is 5.70 Å². The van der Waals surface area contributed by atoms with E-state index >= 15 is 0 Å². The van der Waals surface area contributed by atoms with E-state index in [-0.39, 0.29) is 23.6 Å². The molecular formula is C25H27N3O2. The monoisotopic (exact) mass is 401 g/mol. The third-order valence-electron chi connectivity index (χ3n) is 5.88. The van der Waals surface area contributed by atoms with Gasteiger partial charge >= 0.3 is 0 Å². The Labute approximate surface area is 176 Å². The van der Waals surface area contributed by atoms with Crippen LogP contribution in [0.3, 0.4) is 0 Å². The molecule has 1 fully saturated rings. The third kappa shape index (κ3) is 4.46. The van der Waals surface area contributed by atoms with Crippen LogP contribution < -0.4 is 10.6 Å². The lowest BCUT2D eigenvalue weighted by Crippen LogP contribution is -2.44. The Bertz CT molecular complexity index is 1070. The highest BCUT2D eigenvalue weighted by Crippen LogP contribution is 2.24. The summed E-state index contributed by atoms with van der Waals surface area (Å²) >= 11 is 0. The number of rotatable bonds is 5. The van der Waals surface area contributed by atoms with E-state index in [1.807, 2.05) is 48.7 Å². The van der Waals surface area contributed by atoms with Crippen molar-refractivity contribution in [2.75, 3.05) is 0 Å². The number of aromatic nitrogens is 1. The van der Waals surface area contributed by atoms with Crippen molar-refractivity contribution in [1.29, 1.82) is 0 Å². The lowest BCUT2D eigenvalue weighted by Gasteiger charge is -2.29. The molecular weight excluding hydrogens is 374 g/mol. The van der Waals surface area contributed by atoms with Crippen molar-refractivity contribution in [3.63, 3.8) is 0 Å². The van der Waals surface area contributed by atoms with Gasteiger partial charge in [-0.3, -0.25) is 9.59 Å². The molecule has 3 aromatic rings. The average Bonchev–Trinajstić information content (AvgIpc) is 3.18. The van der Waals surface area contributed by atoms with E-state index in [9.17, 15) is 9.59 Å². The van der Waals surface area contributed by atoms with Gasteiger partial charge in [-0.05, 0) is 43.0 Å². The van der Waals surface area contributed by atoms with Crippen LogP contribution in [0, 0.1) is 5.92 Å². The minimum Gasteiger partial charge on any atom is -0.361 e. The molecule has 2 aromatic carbocycles. The van der Waals surface area contributed by atoms with Crippen molar-refractivity contribution in [3.05, 3.63) is 77.6 Å². The largest absolute Gasteiger partial charge is 0.361 e. The first-order valence-corrected chi connectivity index (χ1v) is 10.6. The van der Waals surface area contributed by atoms with Crippen LogP contribution in [0.4, 0.5) is 0 Å². The summed E-state index contributed by atoms with van der Waals surface area (Å²) in [6.45, 7) is 2.18. The Morgan fingerprint density at radius 1 is 1.00 bits per heavy atom. The lowest BCUT2D eigenvalue weighted by atomic mass is 9.86. The van der Waals surface area contributed by atoms with Crippen LogP contribution in [0.1, 0.15) is 48.5 Å². The van der Waals surface area contributed by atoms with E-state index in [2.05, 4.69) is 22.5 Å². The third-order valence-corrected chi connectivity index (χ3v) is 5.88. The molecule has 0 aliphatic heterocycles. The van der Waals surface area contributed by atoms with Gasteiger partial charge in [0, 0.05) is 34.3 Å². The van der Waals surface area contributed by atoms with Crippen molar-refractivity contribution in [2.24, 2.45) is 5.92 Å². The maximum atomic E-state index is 13.2. The summed E-state index contributed by atoms with van der Waals surface area (Å²) in [5.41, 5.74) is 2.62. The summed E-state index contributed by atoms with van der Waals surface area (Å²) < 4.78 is 0. The molecule has 1 aliphatic rings. The highest BCUT2D eigenvalue weighted by Gasteiger charge is 2.25. The molecule has 0 saturated heterocycles. The Morgan fingerprint density at radius 2 is 1.73 bits per heavy atom. The lowest BCUT2D eigenvalue weighted by molar-refractivity contribution is -0.119. The molecule has 1 heterocycles. The van der Waals surface area contributed by atoms with Gasteiger partial charge in [-0.1, -0.05) is 56.2 Å². The number of H-pyrrole nitrogens is 1. The fourth-order valence-corrected chi connectivity index (χ4v) is 4.09. The van der Waals surface area contributed by atoms with Gasteiger partial charge in [0.15, 0.2) is 0 Å². The predicted octanol–water partition coefficient (Wildman–Crippen LogP) is 4.63. The van der Waals surface area contributed by atoms with E-state index in [1.165, 1.54) is 6.42 Å². The van der Waals surface area contributed by atoms with Crippen molar-refractivity contribution in [2.45, 2.75) is 38.6 Å². The molecule has 3 N–H and O–H groups in total. The van der Waals surface area contributed by atoms with Gasteiger partial charge in [-0.15, -0.1) is 0 Å². The number of para-hydroxylation sites is 1. The van der Waals surface area contributed by atoms with E-state index in [4.69, 9.17) is 0 Å². The second-order valence-electron chi connectivity index (χ2n) is 8.01. The van der Waals surface area contributed by atoms with Crippen LogP contribution in [0.15, 0.2) is 66.5 Å². The first kappa shape index (κ1) is 20.0. The van der Waals surface area contributed by atoms with Gasteiger partial charge in [0.05, 0.1) is 0 Å². The van der Waals surface area contributed by atoms with Crippen LogP contribution in [-0.4, -0.2) is 22.8 Å². The van der Waals surface area contributed by atoms with E-state index in [1.54, 1.807) is 18.2 Å². The van der Waals surface area contributed by atoms with Crippen LogP contribution in [0.25, 0.3) is 17.0 Å². The number of carbonyl (C=O) groups is 2. The van der Waals surface area contributed by atoms with Crippen molar-refractivity contribution in [1.82, 2.24) is 15.6 Å². The van der Waals surface area contributed by atoms with E-state index in [0.29, 0.717) is 11.5 Å². The molecule has 1 aromatic heterocycles. The zero-order chi connectivity index (χ0) is 20.9. The second kappa shape index (κ2) is 8.99. The van der Waals surface area contributed by atoms with Crippen molar-refractivity contribution >= 4 is 28.8 Å². The van der Waals surface area contributed by atoms with Crippen molar-refractivity contribution < 1.29 is 9.59 Å². The summed E-state index contributed by atoms with van der Waals surface area (Å²) in [5, 5.41) is 6.99. The summed E-state index contributed by atoms with van der Waals surface area (Å²) in [6, 6.07) is 17.0. The van der Waals surface area contributed by atoms with Gasteiger partial charge in [0.2, 0.25) is 0 Å². The molecule has 2 amide bonds. The highest BCUT2D eigenvalue weighted by atomic mass is 16.2. The highest BCUT2D eigenvalue weighted by molar-refractivity contribution is 6.06. The van der Waals surface area contributed by atoms with Gasteiger partial charge in [-0.25, -0.2) is 0 Å². The minimum atomic E-state index is -0.298. The fraction of sp³-hybridized carbons (Fsp3) is 0.280. The molecule has 5 heteroatoms. The molecule has 154 valence electrons. The molecule has 0 radical (unpaired) electrons. The maximum Gasteiger partial charge on any atom is 0.268 e. The maximum absolute atomic E-state index is 13.2. The number of hydrogen-bond acceptors (Lipinski definition) is 2. The van der Waals surface area contributed by atoms with Crippen LogP contribution >= 0.6 is 0 Å². The fourth-order valence-electron chi connectivity index (χ4n) is 4.09. The van der Waals surface area contributed by atoms with E-state index < -0.39 is 0 Å². The van der Waals surface area contributed by atoms with Crippen molar-refractivity contribution in [3.8, 4) is 0 Å². The number of hydrogen-bond donors (Lipinski definition) is 3. The first-order chi connectivity index (χ1) is 14.6. The number of aromatic amines is 1. The first-order valence-electron chi connectivity index (χ1n) is 10.6. The smallest absolute Gasteiger partial charge is 0.268 e. The van der Waals surface area contributed by atoms with Gasteiger partial charge in [-0.2, -0.15) is 0 Å². The van der Waals surface area contributed by atoms with Gasteiger partial charge < -0.3 is 15.6 Å². The SMILES string of the molecule is C[C@H]1CCCC[C@H]1NC(=O)/C(=C/c1c[nH]c2ccccc12)NC(=O)c1ccccc1. The minimum absolute atomic E-state index is 0.131. The van der Waals surface area contributed by atoms with Crippen LogP contribution in [0.2, 0.25) is 0 Å². The van der Waals surface area contributed by atoms with E-state index in [0.717, 1.165) is 35.7 Å². The average molecular weight is 402 g/mol. The quantitative estimate of drug-likeness (QED) is 0.545. The van der Waals surface area contributed by atoms with Crippen LogP contribution in [-0.2, 0) is 4.79 Å². The number of amides is 2. The summed E-state index contributed by atoms with van der Waals surface area (Å²) in [5.74, 6) is -0.112. The zero-order valence-electron chi connectivity index (χ0n) is 17.2. The predicted molar refractivity (Wildman–Crippen MR) is 120 cm³/mol. The Morgan fingerprint density at radius 3 is 2.53 bits per heavy atom. The number of nitrogens with one attached hydrogen (secondary N) is 3. The molecule has 5 nitrogen and oxygen atoms in total. The standard InChI is InChI=1S/C25H27N3O2/c1-17-9-5-7-13-21(17)27-25(30)23(28-24(29)18-10-3-2-4-11-18)15-19-16-26-22-14-8-6-12-20(19)22/h2-4,6,8,10-12,14-17,21,26H,5,7,9,13H2,1H3,(H,27,30)(H,28,29)/b23-15-/t17-,21+/m0/s1. The Kier molecular flexibility index (Phi) is 5.98.